The molecule has 144 valence electrons. The predicted molar refractivity (Wildman–Crippen MR) is 97.5 cm³/mol. The number of carbonyl (C=O) groups excluding carboxylic acids is 1. The molecule has 0 saturated heterocycles. The van der Waals surface area contributed by atoms with Crippen LogP contribution < -0.4 is 0 Å². The van der Waals surface area contributed by atoms with E-state index in [0.717, 1.165) is 22.6 Å². The van der Waals surface area contributed by atoms with E-state index in [4.69, 9.17) is 0 Å². The Kier molecular flexibility index (Phi) is 5.34. The number of Topliss-reactive ketones (excluding diaryl/α,β-unsaturated/α-hetero) is 1. The van der Waals surface area contributed by atoms with Crippen LogP contribution in [0.4, 0.5) is 13.2 Å². The highest BCUT2D eigenvalue weighted by Gasteiger charge is 2.35. The molecule has 2 aromatic heterocycles. The number of nitriles is 1. The number of benzene rings is 1. The number of hydrogen-bond acceptors (Lipinski definition) is 5. The number of carbonyl (C=O) groups is 1. The van der Waals surface area contributed by atoms with Crippen molar-refractivity contribution in [3.05, 3.63) is 63.9 Å². The maximum absolute atomic E-state index is 13.1. The second-order valence-corrected chi connectivity index (χ2v) is 7.26. The van der Waals surface area contributed by atoms with Crippen LogP contribution in [0.5, 0.6) is 0 Å². The lowest BCUT2D eigenvalue weighted by molar-refractivity contribution is -0.142. The van der Waals surface area contributed by atoms with Gasteiger partial charge in [-0.15, -0.1) is 11.3 Å². The van der Waals surface area contributed by atoms with Gasteiger partial charge in [0.15, 0.2) is 11.7 Å². The topological polar surface area (TPSA) is 71.6 Å². The second kappa shape index (κ2) is 7.56. The molecule has 0 saturated carbocycles. The average molecular weight is 404 g/mol. The molecule has 28 heavy (non-hydrogen) atoms. The minimum Gasteiger partial charge on any atom is -0.292 e. The average Bonchev–Trinajstić information content (AvgIpc) is 3.32. The van der Waals surface area contributed by atoms with Crippen LogP contribution in [-0.2, 0) is 6.18 Å². The van der Waals surface area contributed by atoms with Crippen molar-refractivity contribution >= 4 is 17.1 Å². The Bertz CT molecular complexity index is 1050. The molecule has 2 heterocycles. The van der Waals surface area contributed by atoms with Gasteiger partial charge in [-0.25, -0.2) is 9.67 Å². The van der Waals surface area contributed by atoms with E-state index in [1.807, 2.05) is 19.9 Å². The van der Waals surface area contributed by atoms with E-state index >= 15 is 0 Å². The van der Waals surface area contributed by atoms with Crippen molar-refractivity contribution in [3.8, 4) is 11.8 Å². The van der Waals surface area contributed by atoms with Gasteiger partial charge < -0.3 is 0 Å². The summed E-state index contributed by atoms with van der Waals surface area (Å²) in [6.45, 7) is 3.90. The molecular weight excluding hydrogens is 389 g/mol. The molecule has 0 aliphatic heterocycles. The summed E-state index contributed by atoms with van der Waals surface area (Å²) in [6, 6.07) is 8.45. The Hall–Kier alpha value is -2.99. The summed E-state index contributed by atoms with van der Waals surface area (Å²) in [4.78, 5) is 17.2. The molecule has 1 aromatic carbocycles. The van der Waals surface area contributed by atoms with Gasteiger partial charge in [0.1, 0.15) is 10.7 Å². The number of aromatic nitrogens is 3. The first kappa shape index (κ1) is 19.8. The number of hydrogen-bond donors (Lipinski definition) is 0. The first-order valence-electron chi connectivity index (χ1n) is 8.33. The molecule has 3 aromatic rings. The molecule has 9 heteroatoms. The zero-order chi connectivity index (χ0) is 20.5. The van der Waals surface area contributed by atoms with Crippen LogP contribution in [0.2, 0.25) is 0 Å². The molecule has 0 spiro atoms. The smallest absolute Gasteiger partial charge is 0.292 e. The highest BCUT2D eigenvalue weighted by molar-refractivity contribution is 7.10. The number of rotatable bonds is 5. The lowest BCUT2D eigenvalue weighted by Crippen LogP contribution is -2.15. The van der Waals surface area contributed by atoms with Crippen molar-refractivity contribution in [2.75, 3.05) is 0 Å². The van der Waals surface area contributed by atoms with E-state index in [2.05, 4.69) is 10.1 Å². The van der Waals surface area contributed by atoms with Gasteiger partial charge in [0, 0.05) is 10.9 Å². The van der Waals surface area contributed by atoms with Crippen molar-refractivity contribution in [1.82, 2.24) is 14.8 Å². The molecule has 1 atom stereocenters. The molecule has 0 amide bonds. The fraction of sp³-hybridized carbons (Fsp3) is 0.263. The predicted octanol–water partition coefficient (Wildman–Crippen LogP) is 4.96. The minimum absolute atomic E-state index is 0.0851. The van der Waals surface area contributed by atoms with Crippen molar-refractivity contribution in [2.24, 2.45) is 0 Å². The van der Waals surface area contributed by atoms with Gasteiger partial charge in [0.05, 0.1) is 23.6 Å². The van der Waals surface area contributed by atoms with Gasteiger partial charge in [0.2, 0.25) is 0 Å². The molecule has 0 aliphatic rings. The third-order valence-electron chi connectivity index (χ3n) is 4.08. The molecule has 3 rings (SSSR count). The normalized spacial score (nSPS) is 12.8. The highest BCUT2D eigenvalue weighted by Crippen LogP contribution is 2.31. The zero-order valence-corrected chi connectivity index (χ0v) is 15.8. The zero-order valence-electron chi connectivity index (χ0n) is 14.9. The van der Waals surface area contributed by atoms with Crippen LogP contribution in [0.25, 0.3) is 5.69 Å². The Balaban J connectivity index is 1.96. The van der Waals surface area contributed by atoms with Crippen LogP contribution >= 0.6 is 11.3 Å². The van der Waals surface area contributed by atoms with Gasteiger partial charge in [-0.1, -0.05) is 26.0 Å². The number of alkyl halides is 3. The van der Waals surface area contributed by atoms with E-state index in [1.165, 1.54) is 35.6 Å². The Morgan fingerprint density at radius 3 is 2.64 bits per heavy atom. The molecular formula is C19H15F3N4OS. The summed E-state index contributed by atoms with van der Waals surface area (Å²) in [7, 11) is 0. The van der Waals surface area contributed by atoms with Crippen molar-refractivity contribution in [3.63, 3.8) is 0 Å². The fourth-order valence-corrected chi connectivity index (χ4v) is 3.63. The summed E-state index contributed by atoms with van der Waals surface area (Å²) >= 11 is 1.22. The van der Waals surface area contributed by atoms with Crippen LogP contribution in [0.1, 0.15) is 52.4 Å². The number of ketones is 1. The fourth-order valence-electron chi connectivity index (χ4n) is 2.61. The third-order valence-corrected chi connectivity index (χ3v) is 5.01. The van der Waals surface area contributed by atoms with Crippen molar-refractivity contribution < 1.29 is 18.0 Å². The Morgan fingerprint density at radius 1 is 1.29 bits per heavy atom. The van der Waals surface area contributed by atoms with E-state index in [9.17, 15) is 23.2 Å². The maximum atomic E-state index is 13.1. The quantitative estimate of drug-likeness (QED) is 0.564. The molecule has 5 nitrogen and oxygen atoms in total. The molecule has 0 aliphatic carbocycles. The largest absolute Gasteiger partial charge is 0.433 e. The van der Waals surface area contributed by atoms with Crippen molar-refractivity contribution in [2.45, 2.75) is 31.9 Å². The SMILES string of the molecule is CC(C)c1csc(C(C#N)C(=O)c2cccc(-n3nccc3C(F)(F)F)c2)n1. The van der Waals surface area contributed by atoms with Gasteiger partial charge >= 0.3 is 6.18 Å². The molecule has 0 bridgehead atoms. The number of thiazole rings is 1. The first-order valence-corrected chi connectivity index (χ1v) is 9.21. The summed E-state index contributed by atoms with van der Waals surface area (Å²) in [5, 5.41) is 15.4. The van der Waals surface area contributed by atoms with E-state index in [0.29, 0.717) is 5.01 Å². The van der Waals surface area contributed by atoms with Gasteiger partial charge in [-0.05, 0) is 24.1 Å². The molecule has 0 N–H and O–H groups in total. The number of halogens is 3. The third kappa shape index (κ3) is 3.82. The lowest BCUT2D eigenvalue weighted by atomic mass is 9.99. The summed E-state index contributed by atoms with van der Waals surface area (Å²) in [5.74, 6) is -1.48. The summed E-state index contributed by atoms with van der Waals surface area (Å²) in [6.07, 6.45) is -3.54. The van der Waals surface area contributed by atoms with E-state index in [-0.39, 0.29) is 17.2 Å². The van der Waals surface area contributed by atoms with Crippen LogP contribution in [0, 0.1) is 11.3 Å². The van der Waals surface area contributed by atoms with Gasteiger partial charge in [0.25, 0.3) is 0 Å². The second-order valence-electron chi connectivity index (χ2n) is 6.37. The molecule has 0 fully saturated rings. The lowest BCUT2D eigenvalue weighted by Gasteiger charge is -2.12. The van der Waals surface area contributed by atoms with Crippen molar-refractivity contribution in [1.29, 1.82) is 5.26 Å². The summed E-state index contributed by atoms with van der Waals surface area (Å²) in [5.41, 5.74) is 0.0411. The molecule has 1 unspecified atom stereocenters. The number of nitrogens with zero attached hydrogens (tertiary/aromatic N) is 4. The maximum Gasteiger partial charge on any atom is 0.433 e. The van der Waals surface area contributed by atoms with Crippen LogP contribution in [-0.4, -0.2) is 20.5 Å². The monoisotopic (exact) mass is 404 g/mol. The van der Waals surface area contributed by atoms with E-state index in [1.54, 1.807) is 5.38 Å². The Morgan fingerprint density at radius 2 is 2.04 bits per heavy atom. The highest BCUT2D eigenvalue weighted by atomic mass is 32.1. The van der Waals surface area contributed by atoms with Gasteiger partial charge in [-0.2, -0.15) is 23.5 Å². The van der Waals surface area contributed by atoms with Gasteiger partial charge in [-0.3, -0.25) is 4.79 Å². The Labute approximate surface area is 163 Å². The van der Waals surface area contributed by atoms with E-state index < -0.39 is 23.6 Å². The summed E-state index contributed by atoms with van der Waals surface area (Å²) < 4.78 is 40.1. The van der Waals surface area contributed by atoms with Crippen LogP contribution in [0.15, 0.2) is 41.9 Å². The minimum atomic E-state index is -4.58. The van der Waals surface area contributed by atoms with Crippen LogP contribution in [0.3, 0.4) is 0 Å². The first-order chi connectivity index (χ1) is 13.2. The molecule has 0 radical (unpaired) electrons. The standard InChI is InChI=1S/C19H15F3N4OS/c1-11(2)15-10-28-18(25-15)14(9-23)17(27)12-4-3-5-13(8-12)26-16(6-7-24-26)19(20,21)22/h3-8,10-11,14H,1-2H3.